The lowest BCUT2D eigenvalue weighted by Crippen LogP contribution is -2.24. The van der Waals surface area contributed by atoms with E-state index in [0.717, 1.165) is 5.56 Å². The lowest BCUT2D eigenvalue weighted by atomic mass is 10.2. The average Bonchev–Trinajstić information content (AvgIpc) is 2.61. The number of nitrogens with zero attached hydrogens (tertiary/aromatic N) is 2. The van der Waals surface area contributed by atoms with Crippen molar-refractivity contribution < 1.29 is 9.18 Å². The van der Waals surface area contributed by atoms with Crippen LogP contribution in [0, 0.1) is 5.82 Å². The first-order valence-corrected chi connectivity index (χ1v) is 7.59. The number of hydrogen-bond acceptors (Lipinski definition) is 3. The molecule has 0 unspecified atom stereocenters. The van der Waals surface area contributed by atoms with Crippen LogP contribution < -0.4 is 10.7 Å². The van der Waals surface area contributed by atoms with E-state index in [2.05, 4.69) is 10.4 Å². The van der Waals surface area contributed by atoms with Crippen LogP contribution in [0.25, 0.3) is 10.9 Å². The lowest BCUT2D eigenvalue weighted by Gasteiger charge is -2.09. The largest absolute Gasteiger partial charge is 0.352 e. The molecule has 0 aliphatic heterocycles. The molecule has 3 aromatic rings. The molecule has 24 heavy (non-hydrogen) atoms. The Labute approximate surface area is 137 Å². The zero-order valence-electron chi connectivity index (χ0n) is 12.9. The van der Waals surface area contributed by atoms with E-state index in [-0.39, 0.29) is 23.6 Å². The Morgan fingerprint density at radius 1 is 1.12 bits per heavy atom. The van der Waals surface area contributed by atoms with Crippen molar-refractivity contribution in [3.8, 4) is 0 Å². The van der Waals surface area contributed by atoms with Gasteiger partial charge in [-0.1, -0.05) is 24.3 Å². The van der Waals surface area contributed by atoms with Crippen LogP contribution in [-0.4, -0.2) is 15.7 Å². The number of hydrogen-bond donors (Lipinski definition) is 1. The first-order chi connectivity index (χ1) is 11.6. The van der Waals surface area contributed by atoms with Gasteiger partial charge in [0.15, 0.2) is 0 Å². The fourth-order valence-electron chi connectivity index (χ4n) is 2.44. The second-order valence-electron chi connectivity index (χ2n) is 5.40. The maximum Gasteiger partial charge on any atom is 0.222 e. The molecule has 0 radical (unpaired) electrons. The van der Waals surface area contributed by atoms with Gasteiger partial charge in [0.05, 0.1) is 18.3 Å². The predicted molar refractivity (Wildman–Crippen MR) is 88.9 cm³/mol. The zero-order chi connectivity index (χ0) is 16.9. The van der Waals surface area contributed by atoms with Gasteiger partial charge in [-0.25, -0.2) is 4.39 Å². The molecular weight excluding hydrogens is 309 g/mol. The lowest BCUT2D eigenvalue weighted by molar-refractivity contribution is -0.121. The van der Waals surface area contributed by atoms with Crippen LogP contribution in [0.2, 0.25) is 0 Å². The number of para-hydroxylation sites is 1. The van der Waals surface area contributed by atoms with E-state index >= 15 is 0 Å². The van der Waals surface area contributed by atoms with Crippen LogP contribution in [0.15, 0.2) is 59.5 Å². The number of amides is 1. The maximum absolute atomic E-state index is 12.8. The molecule has 0 atom stereocenters. The summed E-state index contributed by atoms with van der Waals surface area (Å²) in [6.07, 6.45) is 1.50. The van der Waals surface area contributed by atoms with Crippen molar-refractivity contribution in [2.24, 2.45) is 0 Å². The van der Waals surface area contributed by atoms with Crippen molar-refractivity contribution in [1.82, 2.24) is 15.1 Å². The molecule has 0 aliphatic carbocycles. The summed E-state index contributed by atoms with van der Waals surface area (Å²) in [7, 11) is 0. The zero-order valence-corrected chi connectivity index (χ0v) is 12.9. The Bertz CT molecular complexity index is 919. The molecule has 1 amide bonds. The minimum absolute atomic E-state index is 0.135. The third-order valence-corrected chi connectivity index (χ3v) is 3.72. The first kappa shape index (κ1) is 15.9. The predicted octanol–water partition coefficient (Wildman–Crippen LogP) is 2.24. The highest BCUT2D eigenvalue weighted by Gasteiger charge is 2.06. The van der Waals surface area contributed by atoms with Crippen molar-refractivity contribution in [2.75, 3.05) is 0 Å². The monoisotopic (exact) mass is 325 g/mol. The molecule has 0 bridgehead atoms. The number of rotatable bonds is 5. The molecule has 1 heterocycles. The Kier molecular flexibility index (Phi) is 4.65. The number of aromatic nitrogens is 2. The normalized spacial score (nSPS) is 10.7. The van der Waals surface area contributed by atoms with Crippen LogP contribution >= 0.6 is 0 Å². The summed E-state index contributed by atoms with van der Waals surface area (Å²) >= 11 is 0. The van der Waals surface area contributed by atoms with Gasteiger partial charge < -0.3 is 5.32 Å². The van der Waals surface area contributed by atoms with Gasteiger partial charge in [0, 0.05) is 18.4 Å². The summed E-state index contributed by atoms with van der Waals surface area (Å²) in [5, 5.41) is 7.46. The van der Waals surface area contributed by atoms with Gasteiger partial charge >= 0.3 is 0 Å². The number of halogens is 1. The molecule has 1 aromatic heterocycles. The molecule has 0 aliphatic rings. The van der Waals surface area contributed by atoms with E-state index in [4.69, 9.17) is 0 Å². The quantitative estimate of drug-likeness (QED) is 0.782. The topological polar surface area (TPSA) is 64.0 Å². The SMILES string of the molecule is O=C(CCn1ncc(=O)c2ccccc21)NCc1ccc(F)cc1. The molecule has 5 nitrogen and oxygen atoms in total. The Morgan fingerprint density at radius 2 is 1.88 bits per heavy atom. The standard InChI is InChI=1S/C18H16FN3O2/c19-14-7-5-13(6-8-14)11-20-18(24)9-10-22-16-4-2-1-3-15(16)17(23)12-21-22/h1-8,12H,9-11H2,(H,20,24). The molecule has 0 saturated carbocycles. The second-order valence-corrected chi connectivity index (χ2v) is 5.40. The van der Waals surface area contributed by atoms with Crippen LogP contribution in [0.5, 0.6) is 0 Å². The van der Waals surface area contributed by atoms with E-state index < -0.39 is 0 Å². The van der Waals surface area contributed by atoms with Crippen molar-refractivity contribution in [3.63, 3.8) is 0 Å². The van der Waals surface area contributed by atoms with Crippen LogP contribution in [0.4, 0.5) is 4.39 Å². The van der Waals surface area contributed by atoms with Crippen molar-refractivity contribution in [2.45, 2.75) is 19.5 Å². The molecule has 2 aromatic carbocycles. The Morgan fingerprint density at radius 3 is 2.67 bits per heavy atom. The molecule has 1 N–H and O–H groups in total. The molecule has 6 heteroatoms. The summed E-state index contributed by atoms with van der Waals surface area (Å²) in [4.78, 5) is 23.7. The fourth-order valence-corrected chi connectivity index (χ4v) is 2.44. The Balaban J connectivity index is 1.61. The van der Waals surface area contributed by atoms with Gasteiger partial charge in [0.1, 0.15) is 5.82 Å². The minimum atomic E-state index is -0.304. The molecule has 122 valence electrons. The summed E-state index contributed by atoms with van der Waals surface area (Å²) in [6, 6.07) is 13.1. The molecular formula is C18H16FN3O2. The summed E-state index contributed by atoms with van der Waals surface area (Å²) in [5.41, 5.74) is 1.40. The third kappa shape index (κ3) is 3.65. The van der Waals surface area contributed by atoms with E-state index in [1.807, 2.05) is 6.07 Å². The molecule has 0 fully saturated rings. The third-order valence-electron chi connectivity index (χ3n) is 3.72. The number of carbonyl (C=O) groups is 1. The van der Waals surface area contributed by atoms with Gasteiger partial charge in [0.25, 0.3) is 0 Å². The van der Waals surface area contributed by atoms with Crippen molar-refractivity contribution in [3.05, 3.63) is 76.3 Å². The molecule has 3 rings (SSSR count). The van der Waals surface area contributed by atoms with Gasteiger partial charge in [-0.2, -0.15) is 5.10 Å². The average molecular weight is 325 g/mol. The summed E-state index contributed by atoms with van der Waals surface area (Å²) < 4.78 is 14.5. The van der Waals surface area contributed by atoms with Crippen molar-refractivity contribution >= 4 is 16.8 Å². The van der Waals surface area contributed by atoms with Crippen molar-refractivity contribution in [1.29, 1.82) is 0 Å². The highest BCUT2D eigenvalue weighted by Crippen LogP contribution is 2.08. The number of fused-ring (bicyclic) bond motifs is 1. The summed E-state index contributed by atoms with van der Waals surface area (Å²) in [5.74, 6) is -0.440. The van der Waals surface area contributed by atoms with Gasteiger partial charge in [-0.05, 0) is 29.8 Å². The van der Waals surface area contributed by atoms with Gasteiger partial charge in [-0.15, -0.1) is 0 Å². The van der Waals surface area contributed by atoms with Gasteiger partial charge in [-0.3, -0.25) is 14.3 Å². The number of nitrogens with one attached hydrogen (secondary N) is 1. The summed E-state index contributed by atoms with van der Waals surface area (Å²) in [6.45, 7) is 0.716. The first-order valence-electron chi connectivity index (χ1n) is 7.59. The second kappa shape index (κ2) is 7.04. The van der Waals surface area contributed by atoms with E-state index in [1.54, 1.807) is 35.0 Å². The van der Waals surface area contributed by atoms with E-state index in [0.29, 0.717) is 24.0 Å². The van der Waals surface area contributed by atoms with Crippen LogP contribution in [-0.2, 0) is 17.9 Å². The highest BCUT2D eigenvalue weighted by atomic mass is 19.1. The smallest absolute Gasteiger partial charge is 0.222 e. The molecule has 0 saturated heterocycles. The number of benzene rings is 2. The fraction of sp³-hybridized carbons (Fsp3) is 0.167. The van der Waals surface area contributed by atoms with Crippen LogP contribution in [0.3, 0.4) is 0 Å². The van der Waals surface area contributed by atoms with Crippen LogP contribution in [0.1, 0.15) is 12.0 Å². The van der Waals surface area contributed by atoms with E-state index in [1.165, 1.54) is 18.3 Å². The Hall–Kier alpha value is -3.02. The highest BCUT2D eigenvalue weighted by molar-refractivity contribution is 5.79. The minimum Gasteiger partial charge on any atom is -0.352 e. The van der Waals surface area contributed by atoms with E-state index in [9.17, 15) is 14.0 Å². The number of carbonyl (C=O) groups excluding carboxylic acids is 1. The molecule has 0 spiro atoms. The number of aryl methyl sites for hydroxylation is 1. The maximum atomic E-state index is 12.8. The van der Waals surface area contributed by atoms with Gasteiger partial charge in [0.2, 0.25) is 11.3 Å².